The van der Waals surface area contributed by atoms with E-state index in [9.17, 15) is 4.79 Å². The number of hydrogen-bond donors (Lipinski definition) is 1. The maximum absolute atomic E-state index is 12.0. The minimum atomic E-state index is -0.336. The van der Waals surface area contributed by atoms with Gasteiger partial charge in [-0.3, -0.25) is 4.79 Å². The molecule has 0 atom stereocenters. The maximum Gasteiger partial charge on any atom is 0.228 e. The number of nitrogens with two attached hydrogens (primary N) is 1. The number of nitrogens with zero attached hydrogens (tertiary/aromatic N) is 2. The molecule has 24 heavy (non-hydrogen) atoms. The van der Waals surface area contributed by atoms with Crippen LogP contribution >= 0.6 is 39.1 Å². The predicted molar refractivity (Wildman–Crippen MR) is 96.0 cm³/mol. The summed E-state index contributed by atoms with van der Waals surface area (Å²) in [6.45, 7) is -0.314. The van der Waals surface area contributed by atoms with Gasteiger partial charge in [0.2, 0.25) is 11.7 Å². The summed E-state index contributed by atoms with van der Waals surface area (Å²) >= 11 is 15.0. The number of carbonyl (C=O) groups excluding carboxylic acids is 1. The quantitative estimate of drug-likeness (QED) is 0.325. The van der Waals surface area contributed by atoms with E-state index in [1.807, 2.05) is 0 Å². The van der Waals surface area contributed by atoms with E-state index in [4.69, 9.17) is 38.5 Å². The fraction of sp³-hybridized carbons (Fsp3) is 0.133. The van der Waals surface area contributed by atoms with Crippen LogP contribution < -0.4 is 10.5 Å². The summed E-state index contributed by atoms with van der Waals surface area (Å²) in [6, 6.07) is 7.86. The van der Waals surface area contributed by atoms with Crippen LogP contribution in [0.4, 0.5) is 0 Å². The van der Waals surface area contributed by atoms with Gasteiger partial charge in [-0.1, -0.05) is 28.4 Å². The van der Waals surface area contributed by atoms with Gasteiger partial charge in [0.25, 0.3) is 0 Å². The van der Waals surface area contributed by atoms with Crippen LogP contribution in [0.2, 0.25) is 10.0 Å². The number of oxime groups is 1. The highest BCUT2D eigenvalue weighted by atomic mass is 79.9. The molecule has 1 aromatic carbocycles. The zero-order valence-electron chi connectivity index (χ0n) is 12.4. The number of aromatic nitrogens is 1. The van der Waals surface area contributed by atoms with Gasteiger partial charge in [-0.15, -0.1) is 0 Å². The third-order valence-corrected chi connectivity index (χ3v) is 3.85. The lowest BCUT2D eigenvalue weighted by atomic mass is 10.1. The van der Waals surface area contributed by atoms with E-state index in [0.717, 1.165) is 0 Å². The first-order valence-electron chi connectivity index (χ1n) is 6.56. The molecule has 9 heteroatoms. The first-order valence-corrected chi connectivity index (χ1v) is 8.11. The molecule has 2 N–H and O–H groups in total. The van der Waals surface area contributed by atoms with Gasteiger partial charge in [-0.05, 0) is 46.3 Å². The highest BCUT2D eigenvalue weighted by Crippen LogP contribution is 2.22. The van der Waals surface area contributed by atoms with Gasteiger partial charge in [0.1, 0.15) is 5.69 Å². The minimum absolute atomic E-state index is 0.0118. The van der Waals surface area contributed by atoms with Crippen molar-refractivity contribution < 1.29 is 14.4 Å². The molecule has 0 amide bonds. The van der Waals surface area contributed by atoms with Crippen molar-refractivity contribution in [3.8, 4) is 5.88 Å². The second-order valence-electron chi connectivity index (χ2n) is 4.52. The maximum atomic E-state index is 12.0. The lowest BCUT2D eigenvalue weighted by Gasteiger charge is -2.05. The largest absolute Gasteiger partial charge is 0.480 e. The molecule has 0 bridgehead atoms. The zero-order valence-corrected chi connectivity index (χ0v) is 15.5. The van der Waals surface area contributed by atoms with Crippen molar-refractivity contribution in [2.24, 2.45) is 10.9 Å². The number of pyridine rings is 1. The van der Waals surface area contributed by atoms with Gasteiger partial charge >= 0.3 is 0 Å². The van der Waals surface area contributed by atoms with E-state index >= 15 is 0 Å². The summed E-state index contributed by atoms with van der Waals surface area (Å²) in [5, 5.41) is 4.41. The Hall–Kier alpha value is -1.83. The molecule has 0 radical (unpaired) electrons. The molecule has 0 saturated carbocycles. The molecule has 6 nitrogen and oxygen atoms in total. The Morgan fingerprint density at radius 1 is 1.29 bits per heavy atom. The molecule has 2 aromatic rings. The van der Waals surface area contributed by atoms with Crippen LogP contribution in [0.25, 0.3) is 0 Å². The molecular formula is C15H12BrCl2N3O3. The normalized spacial score (nSPS) is 11.2. The number of benzene rings is 1. The second kappa shape index (κ2) is 8.32. The van der Waals surface area contributed by atoms with Crippen LogP contribution in [-0.4, -0.2) is 30.3 Å². The number of halogens is 3. The van der Waals surface area contributed by atoms with Crippen LogP contribution in [0.1, 0.15) is 16.1 Å². The molecule has 1 heterocycles. The second-order valence-corrected chi connectivity index (χ2v) is 6.25. The molecular weight excluding hydrogens is 421 g/mol. The molecule has 126 valence electrons. The number of amidine groups is 1. The van der Waals surface area contributed by atoms with Crippen LogP contribution in [-0.2, 0) is 4.84 Å². The van der Waals surface area contributed by atoms with Crippen molar-refractivity contribution >= 4 is 50.8 Å². The SMILES string of the molecule is COc1nc(/C(N)=N/OCC(=O)c2cc(Cl)cc(Cl)c2)ccc1Br. The predicted octanol–water partition coefficient (Wildman–Crippen LogP) is 3.68. The van der Waals surface area contributed by atoms with E-state index in [1.165, 1.54) is 25.3 Å². The third kappa shape index (κ3) is 4.83. The number of ether oxygens (including phenoxy) is 1. The van der Waals surface area contributed by atoms with Crippen molar-refractivity contribution in [1.82, 2.24) is 4.98 Å². The van der Waals surface area contributed by atoms with Gasteiger partial charge in [0, 0.05) is 15.6 Å². The topological polar surface area (TPSA) is 86.8 Å². The van der Waals surface area contributed by atoms with E-state index in [2.05, 4.69) is 26.1 Å². The lowest BCUT2D eigenvalue weighted by molar-refractivity contribution is 0.0775. The van der Waals surface area contributed by atoms with Crippen molar-refractivity contribution in [3.05, 3.63) is 56.1 Å². The molecule has 2 rings (SSSR count). The molecule has 0 aliphatic rings. The molecule has 0 aliphatic heterocycles. The molecule has 0 unspecified atom stereocenters. The Labute approximate surface area is 156 Å². The first-order chi connectivity index (χ1) is 11.4. The van der Waals surface area contributed by atoms with Crippen molar-refractivity contribution in [2.75, 3.05) is 13.7 Å². The van der Waals surface area contributed by atoms with Crippen LogP contribution in [0.3, 0.4) is 0 Å². The van der Waals surface area contributed by atoms with Crippen LogP contribution in [0.15, 0.2) is 40.0 Å². The average molecular weight is 433 g/mol. The molecule has 0 saturated heterocycles. The summed E-state index contributed by atoms with van der Waals surface area (Å²) in [5.74, 6) is 0.0327. The van der Waals surface area contributed by atoms with Gasteiger partial charge in [-0.25, -0.2) is 4.98 Å². The number of rotatable bonds is 6. The van der Waals surface area contributed by atoms with Gasteiger partial charge in [0.15, 0.2) is 12.4 Å². The Bertz CT molecular complexity index is 779. The Kier molecular flexibility index (Phi) is 6.42. The summed E-state index contributed by atoms with van der Waals surface area (Å²) in [6.07, 6.45) is 0. The number of ketones is 1. The highest BCUT2D eigenvalue weighted by Gasteiger charge is 2.10. The van der Waals surface area contributed by atoms with Gasteiger partial charge in [-0.2, -0.15) is 0 Å². The third-order valence-electron chi connectivity index (χ3n) is 2.81. The Morgan fingerprint density at radius 2 is 1.96 bits per heavy atom. The fourth-order valence-corrected chi connectivity index (χ4v) is 2.62. The summed E-state index contributed by atoms with van der Waals surface area (Å²) in [5.41, 5.74) is 6.46. The average Bonchev–Trinajstić information content (AvgIpc) is 2.54. The van der Waals surface area contributed by atoms with Crippen molar-refractivity contribution in [2.45, 2.75) is 0 Å². The van der Waals surface area contributed by atoms with E-state index in [0.29, 0.717) is 31.7 Å². The van der Waals surface area contributed by atoms with E-state index in [1.54, 1.807) is 12.1 Å². The van der Waals surface area contributed by atoms with Gasteiger partial charge < -0.3 is 15.3 Å². The summed E-state index contributed by atoms with van der Waals surface area (Å²) < 4.78 is 5.75. The fourth-order valence-electron chi connectivity index (χ4n) is 1.71. The van der Waals surface area contributed by atoms with E-state index < -0.39 is 0 Å². The molecule has 0 aliphatic carbocycles. The number of methoxy groups -OCH3 is 1. The lowest BCUT2D eigenvalue weighted by Crippen LogP contribution is -2.17. The zero-order chi connectivity index (χ0) is 17.7. The number of Topliss-reactive ketones (excluding diaryl/α,β-unsaturated/α-hetero) is 1. The minimum Gasteiger partial charge on any atom is -0.480 e. The Balaban J connectivity index is 2.03. The number of hydrogen-bond acceptors (Lipinski definition) is 5. The smallest absolute Gasteiger partial charge is 0.228 e. The Morgan fingerprint density at radius 3 is 2.58 bits per heavy atom. The number of carbonyl (C=O) groups is 1. The first kappa shape index (κ1) is 18.5. The van der Waals surface area contributed by atoms with Crippen LogP contribution in [0.5, 0.6) is 5.88 Å². The summed E-state index contributed by atoms with van der Waals surface area (Å²) in [4.78, 5) is 21.1. The standard InChI is InChI=1S/C15H12BrCl2N3O3/c1-23-15-11(16)2-3-12(20-15)14(19)21-24-7-13(22)8-4-9(17)6-10(18)5-8/h2-6H,7H2,1H3,(H2,19,21). The molecule has 0 spiro atoms. The van der Waals surface area contributed by atoms with Crippen LogP contribution in [0, 0.1) is 0 Å². The summed E-state index contributed by atoms with van der Waals surface area (Å²) in [7, 11) is 1.48. The monoisotopic (exact) mass is 431 g/mol. The van der Waals surface area contributed by atoms with E-state index in [-0.39, 0.29) is 18.2 Å². The van der Waals surface area contributed by atoms with Crippen molar-refractivity contribution in [1.29, 1.82) is 0 Å². The van der Waals surface area contributed by atoms with Gasteiger partial charge in [0.05, 0.1) is 11.6 Å². The van der Waals surface area contributed by atoms with Crippen molar-refractivity contribution in [3.63, 3.8) is 0 Å². The molecule has 1 aromatic heterocycles. The highest BCUT2D eigenvalue weighted by molar-refractivity contribution is 9.10. The molecule has 0 fully saturated rings.